The van der Waals surface area contributed by atoms with Gasteiger partial charge in [-0.15, -0.1) is 10.2 Å². The van der Waals surface area contributed by atoms with E-state index in [4.69, 9.17) is 9.97 Å². The van der Waals surface area contributed by atoms with Gasteiger partial charge in [0, 0.05) is 94.6 Å². The number of anilines is 2. The lowest BCUT2D eigenvalue weighted by Gasteiger charge is -2.34. The highest BCUT2D eigenvalue weighted by molar-refractivity contribution is 6.10. The standard InChI is InChI=1S/C45H52N12O4/c1-4-54-29-46-50-42(54)36-10-5-11-39(47-36)57-27-35-34(45(57)61)25-40(55-17-6-8-30(55)2)48-37(35)28-51(3)18-19-53-22-20-52(21-23-53)16-7-9-31-12-13-33-32(24-31)26-56(44(33)60)38-14-15-41(58)49-43(38)59/h5,10-13,24-25,29-30,38H,4,6,8,14-23,26-28H2,1-3H3,(H,49,58,59)/t30-,38?/m1/s1. The predicted molar refractivity (Wildman–Crippen MR) is 228 cm³/mol. The molecule has 0 bridgehead atoms. The normalized spacial score (nSPS) is 20.7. The minimum absolute atomic E-state index is 0.0549. The summed E-state index contributed by atoms with van der Waals surface area (Å²) in [6.45, 7) is 13.5. The van der Waals surface area contributed by atoms with Crippen LogP contribution in [0.4, 0.5) is 11.6 Å². The summed E-state index contributed by atoms with van der Waals surface area (Å²) in [7, 11) is 2.13. The largest absolute Gasteiger partial charge is 0.354 e. The maximum absolute atomic E-state index is 14.2. The number of hydrogen-bond acceptors (Lipinski definition) is 12. The van der Waals surface area contributed by atoms with Gasteiger partial charge < -0.3 is 14.4 Å². The summed E-state index contributed by atoms with van der Waals surface area (Å²) in [5, 5.41) is 10.7. The molecule has 3 aromatic heterocycles. The van der Waals surface area contributed by atoms with Crippen molar-refractivity contribution in [2.24, 2.45) is 0 Å². The summed E-state index contributed by atoms with van der Waals surface area (Å²) in [5.41, 5.74) is 5.59. The molecule has 4 amide bonds. The zero-order valence-electron chi connectivity index (χ0n) is 35.1. The Balaban J connectivity index is 0.798. The molecule has 0 spiro atoms. The Hall–Kier alpha value is -6.02. The van der Waals surface area contributed by atoms with E-state index in [1.165, 1.54) is 0 Å². The fourth-order valence-corrected chi connectivity index (χ4v) is 9.20. The number of piperidine rings is 1. The first kappa shape index (κ1) is 40.4. The molecular weight excluding hydrogens is 773 g/mol. The molecule has 1 aromatic carbocycles. The number of rotatable bonds is 11. The van der Waals surface area contributed by atoms with Crippen molar-refractivity contribution in [3.8, 4) is 23.4 Å². The van der Waals surface area contributed by atoms with Crippen molar-refractivity contribution in [1.82, 2.24) is 49.6 Å². The number of carbonyl (C=O) groups excluding carboxylic acids is 4. The van der Waals surface area contributed by atoms with Gasteiger partial charge in [-0.25, -0.2) is 9.97 Å². The van der Waals surface area contributed by atoms with E-state index in [1.54, 1.807) is 22.2 Å². The molecule has 316 valence electrons. The van der Waals surface area contributed by atoms with Crippen LogP contribution in [-0.2, 0) is 35.8 Å². The lowest BCUT2D eigenvalue weighted by molar-refractivity contribution is -0.136. The maximum Gasteiger partial charge on any atom is 0.260 e. The summed E-state index contributed by atoms with van der Waals surface area (Å²) in [5.74, 6) is 7.82. The number of amides is 4. The van der Waals surface area contributed by atoms with E-state index in [2.05, 4.69) is 60.9 Å². The Kier molecular flexibility index (Phi) is 11.4. The number of nitrogens with one attached hydrogen (secondary N) is 1. The first-order valence-corrected chi connectivity index (χ1v) is 21.5. The highest BCUT2D eigenvalue weighted by Gasteiger charge is 2.39. The second kappa shape index (κ2) is 17.2. The smallest absolute Gasteiger partial charge is 0.260 e. The fraction of sp³-hybridized carbons (Fsp3) is 0.467. The van der Waals surface area contributed by atoms with Gasteiger partial charge in [-0.05, 0) is 82.1 Å². The minimum Gasteiger partial charge on any atom is -0.354 e. The molecule has 0 saturated carbocycles. The number of hydrogen-bond donors (Lipinski definition) is 1. The van der Waals surface area contributed by atoms with E-state index in [0.29, 0.717) is 67.1 Å². The monoisotopic (exact) mass is 824 g/mol. The lowest BCUT2D eigenvalue weighted by atomic mass is 10.0. The average molecular weight is 825 g/mol. The summed E-state index contributed by atoms with van der Waals surface area (Å²) in [4.78, 5) is 74.2. The van der Waals surface area contributed by atoms with E-state index in [1.807, 2.05) is 47.9 Å². The third-order valence-corrected chi connectivity index (χ3v) is 12.8. The molecule has 9 rings (SSSR count). The van der Waals surface area contributed by atoms with Gasteiger partial charge in [0.15, 0.2) is 5.82 Å². The van der Waals surface area contributed by atoms with Crippen molar-refractivity contribution in [2.45, 2.75) is 77.8 Å². The number of piperazine rings is 1. The van der Waals surface area contributed by atoms with Gasteiger partial charge in [0.25, 0.3) is 11.8 Å². The highest BCUT2D eigenvalue weighted by atomic mass is 16.2. The number of nitrogens with zero attached hydrogens (tertiary/aromatic N) is 11. The van der Waals surface area contributed by atoms with E-state index >= 15 is 0 Å². The quantitative estimate of drug-likeness (QED) is 0.175. The minimum atomic E-state index is -0.627. The van der Waals surface area contributed by atoms with E-state index in [-0.39, 0.29) is 24.1 Å². The topological polar surface area (TPSA) is 156 Å². The molecule has 5 aliphatic heterocycles. The van der Waals surface area contributed by atoms with Crippen molar-refractivity contribution in [1.29, 1.82) is 0 Å². The Morgan fingerprint density at radius 3 is 2.51 bits per heavy atom. The second-order valence-electron chi connectivity index (χ2n) is 16.8. The molecule has 4 aromatic rings. The zero-order valence-corrected chi connectivity index (χ0v) is 35.1. The van der Waals surface area contributed by atoms with Crippen LogP contribution >= 0.6 is 0 Å². The van der Waals surface area contributed by atoms with Gasteiger partial charge >= 0.3 is 0 Å². The van der Waals surface area contributed by atoms with Crippen LogP contribution in [0.25, 0.3) is 11.5 Å². The molecule has 5 aliphatic rings. The fourth-order valence-electron chi connectivity index (χ4n) is 9.20. The summed E-state index contributed by atoms with van der Waals surface area (Å²) < 4.78 is 1.94. The van der Waals surface area contributed by atoms with Crippen LogP contribution in [0.2, 0.25) is 0 Å². The molecule has 3 fully saturated rings. The second-order valence-corrected chi connectivity index (χ2v) is 16.8. The van der Waals surface area contributed by atoms with Crippen LogP contribution in [0.5, 0.6) is 0 Å². The molecule has 0 radical (unpaired) electrons. The van der Waals surface area contributed by atoms with Crippen LogP contribution in [-0.4, -0.2) is 139 Å². The van der Waals surface area contributed by atoms with Gasteiger partial charge in [-0.2, -0.15) is 0 Å². The number of pyridine rings is 2. The third kappa shape index (κ3) is 8.25. The maximum atomic E-state index is 14.2. The number of likely N-dealkylation sites (N-methyl/N-ethyl adjacent to an activating group) is 1. The molecule has 1 N–H and O–H groups in total. The van der Waals surface area contributed by atoms with Crippen molar-refractivity contribution in [3.63, 3.8) is 0 Å². The highest BCUT2D eigenvalue weighted by Crippen LogP contribution is 2.35. The molecule has 16 nitrogen and oxygen atoms in total. The van der Waals surface area contributed by atoms with E-state index in [9.17, 15) is 19.2 Å². The van der Waals surface area contributed by atoms with Crippen LogP contribution in [0.1, 0.15) is 82.6 Å². The number of benzene rings is 1. The molecule has 3 saturated heterocycles. The third-order valence-electron chi connectivity index (χ3n) is 12.8. The summed E-state index contributed by atoms with van der Waals surface area (Å²) >= 11 is 0. The van der Waals surface area contributed by atoms with Crippen molar-refractivity contribution in [2.75, 3.05) is 69.2 Å². The Labute approximate surface area is 355 Å². The Morgan fingerprint density at radius 1 is 0.885 bits per heavy atom. The molecule has 1 unspecified atom stereocenters. The Bertz CT molecular complexity index is 2430. The molecule has 2 atom stereocenters. The summed E-state index contributed by atoms with van der Waals surface area (Å²) in [6.07, 6.45) is 4.49. The number of aromatic nitrogens is 5. The van der Waals surface area contributed by atoms with E-state index < -0.39 is 11.9 Å². The summed E-state index contributed by atoms with van der Waals surface area (Å²) in [6, 6.07) is 13.1. The number of imide groups is 1. The van der Waals surface area contributed by atoms with Crippen LogP contribution < -0.4 is 15.1 Å². The van der Waals surface area contributed by atoms with Crippen LogP contribution in [0.3, 0.4) is 0 Å². The van der Waals surface area contributed by atoms with E-state index in [0.717, 1.165) is 93.4 Å². The van der Waals surface area contributed by atoms with Gasteiger partial charge in [-0.3, -0.25) is 44.1 Å². The molecule has 8 heterocycles. The first-order valence-electron chi connectivity index (χ1n) is 21.5. The van der Waals surface area contributed by atoms with Crippen molar-refractivity contribution in [3.05, 3.63) is 82.3 Å². The number of carbonyl (C=O) groups is 4. The van der Waals surface area contributed by atoms with Crippen molar-refractivity contribution >= 4 is 35.3 Å². The Morgan fingerprint density at radius 2 is 1.72 bits per heavy atom. The predicted octanol–water partition coefficient (Wildman–Crippen LogP) is 2.77. The van der Waals surface area contributed by atoms with Crippen LogP contribution in [0.15, 0.2) is 48.8 Å². The molecule has 16 heteroatoms. The SMILES string of the molecule is CCn1cnnc1-c1cccc(N2Cc3c(cc(N4CCC[C@H]4C)nc3CN(C)CCN3CCN(CC#Cc4ccc5c(c4)CN(C4CCC(=O)NC4=O)C5=O)CC3)C2=O)n1. The lowest BCUT2D eigenvalue weighted by Crippen LogP contribution is -2.52. The molecular formula is C45H52N12O4. The van der Waals surface area contributed by atoms with Crippen LogP contribution in [0, 0.1) is 11.8 Å². The number of aryl methyl sites for hydroxylation is 1. The average Bonchev–Trinajstić information content (AvgIpc) is 4.06. The molecule has 61 heavy (non-hydrogen) atoms. The molecule has 0 aliphatic carbocycles. The van der Waals surface area contributed by atoms with Gasteiger partial charge in [0.2, 0.25) is 11.8 Å². The first-order chi connectivity index (χ1) is 29.6. The number of fused-ring (bicyclic) bond motifs is 2. The van der Waals surface area contributed by atoms with Gasteiger partial charge in [-0.1, -0.05) is 17.9 Å². The van der Waals surface area contributed by atoms with Gasteiger partial charge in [0.05, 0.1) is 24.3 Å². The van der Waals surface area contributed by atoms with Gasteiger partial charge in [0.1, 0.15) is 29.7 Å². The van der Waals surface area contributed by atoms with Crippen molar-refractivity contribution < 1.29 is 19.2 Å². The zero-order chi connectivity index (χ0) is 42.2.